The van der Waals surface area contributed by atoms with Gasteiger partial charge in [0.05, 0.1) is 15.5 Å². The monoisotopic (exact) mass is 410 g/mol. The molecule has 0 saturated heterocycles. The molecule has 10 heteroatoms. The number of furan rings is 1. The molecule has 0 spiro atoms. The van der Waals surface area contributed by atoms with E-state index < -0.39 is 27.6 Å². The Balaban J connectivity index is 1.87. The molecule has 0 unspecified atom stereocenters. The van der Waals surface area contributed by atoms with Crippen molar-refractivity contribution in [3.63, 3.8) is 0 Å². The van der Waals surface area contributed by atoms with Gasteiger partial charge in [0, 0.05) is 11.6 Å². The lowest BCUT2D eigenvalue weighted by Crippen LogP contribution is -2.12. The first kappa shape index (κ1) is 19.4. The van der Waals surface area contributed by atoms with Gasteiger partial charge in [-0.3, -0.25) is 14.9 Å². The van der Waals surface area contributed by atoms with E-state index in [9.17, 15) is 28.1 Å². The Morgan fingerprint density at radius 1 is 1.11 bits per heavy atom. The van der Waals surface area contributed by atoms with Crippen molar-refractivity contribution in [3.05, 3.63) is 81.1 Å². The largest absolute Gasteiger partial charge is 0.451 e. The lowest BCUT2D eigenvalue weighted by molar-refractivity contribution is -0.383. The van der Waals surface area contributed by atoms with Crippen LogP contribution in [0.5, 0.6) is 0 Å². The Labute approximate surface area is 160 Å². The molecule has 1 amide bonds. The average Bonchev–Trinajstić information content (AvgIpc) is 3.11. The highest BCUT2D eigenvalue weighted by atomic mass is 35.5. The van der Waals surface area contributed by atoms with Gasteiger partial charge in [0.15, 0.2) is 5.76 Å². The van der Waals surface area contributed by atoms with Gasteiger partial charge < -0.3 is 9.73 Å². The van der Waals surface area contributed by atoms with E-state index in [0.29, 0.717) is 0 Å². The normalized spacial score (nSPS) is 11.3. The summed E-state index contributed by atoms with van der Waals surface area (Å²) in [5.41, 5.74) is -1.31. The number of hydrogen-bond donors (Lipinski definition) is 1. The van der Waals surface area contributed by atoms with Crippen LogP contribution in [0, 0.1) is 10.1 Å². The Hall–Kier alpha value is -3.33. The van der Waals surface area contributed by atoms with Crippen LogP contribution in [0.3, 0.4) is 0 Å². The van der Waals surface area contributed by atoms with Crippen LogP contribution in [0.2, 0.25) is 5.02 Å². The van der Waals surface area contributed by atoms with Gasteiger partial charge in [0.1, 0.15) is 11.4 Å². The Bertz CT molecular complexity index is 1060. The SMILES string of the molecule is O=C(Nc1ccccc1[N+](=O)[O-])c1ccc(-c2ccc(Cl)c(C(F)(F)F)c2)o1. The minimum absolute atomic E-state index is 0.00915. The van der Waals surface area contributed by atoms with Crippen molar-refractivity contribution in [1.29, 1.82) is 0 Å². The molecule has 3 aromatic rings. The van der Waals surface area contributed by atoms with E-state index >= 15 is 0 Å². The van der Waals surface area contributed by atoms with Crippen LogP contribution < -0.4 is 5.32 Å². The molecule has 1 N–H and O–H groups in total. The maximum atomic E-state index is 13.0. The molecule has 0 aliphatic heterocycles. The van der Waals surface area contributed by atoms with Gasteiger partial charge in [0.2, 0.25) is 0 Å². The van der Waals surface area contributed by atoms with Crippen molar-refractivity contribution >= 4 is 28.9 Å². The average molecular weight is 411 g/mol. The van der Waals surface area contributed by atoms with Crippen molar-refractivity contribution in [2.24, 2.45) is 0 Å². The molecule has 6 nitrogen and oxygen atoms in total. The van der Waals surface area contributed by atoms with E-state index in [1.807, 2.05) is 0 Å². The van der Waals surface area contributed by atoms with Crippen LogP contribution in [0.4, 0.5) is 24.5 Å². The number of rotatable bonds is 4. The number of nitro benzene ring substituents is 1. The summed E-state index contributed by atoms with van der Waals surface area (Å²) >= 11 is 5.58. The first-order valence-corrected chi connectivity index (χ1v) is 8.06. The molecule has 28 heavy (non-hydrogen) atoms. The minimum atomic E-state index is -4.65. The van der Waals surface area contributed by atoms with Gasteiger partial charge in [-0.25, -0.2) is 0 Å². The number of nitrogens with one attached hydrogen (secondary N) is 1. The number of hydrogen-bond acceptors (Lipinski definition) is 4. The van der Waals surface area contributed by atoms with E-state index in [2.05, 4.69) is 5.32 Å². The third-order valence-electron chi connectivity index (χ3n) is 3.74. The fraction of sp³-hybridized carbons (Fsp3) is 0.0556. The summed E-state index contributed by atoms with van der Waals surface area (Å²) in [5, 5.41) is 12.9. The lowest BCUT2D eigenvalue weighted by Gasteiger charge is -2.10. The van der Waals surface area contributed by atoms with E-state index in [-0.39, 0.29) is 28.5 Å². The van der Waals surface area contributed by atoms with Gasteiger partial charge in [-0.1, -0.05) is 23.7 Å². The second-order valence-electron chi connectivity index (χ2n) is 5.58. The Kier molecular flexibility index (Phi) is 5.10. The summed E-state index contributed by atoms with van der Waals surface area (Å²) in [5.74, 6) is -1.00. The van der Waals surface area contributed by atoms with Crippen LogP contribution in [0.25, 0.3) is 11.3 Å². The number of anilines is 1. The number of nitrogens with zero attached hydrogens (tertiary/aromatic N) is 1. The predicted molar refractivity (Wildman–Crippen MR) is 95.2 cm³/mol. The van der Waals surface area contributed by atoms with Crippen molar-refractivity contribution in [1.82, 2.24) is 0 Å². The van der Waals surface area contributed by atoms with Gasteiger partial charge in [0.25, 0.3) is 11.6 Å². The summed E-state index contributed by atoms with van der Waals surface area (Å²) in [7, 11) is 0. The van der Waals surface area contributed by atoms with Crippen molar-refractivity contribution in [2.75, 3.05) is 5.32 Å². The number of alkyl halides is 3. The molecule has 0 bridgehead atoms. The van der Waals surface area contributed by atoms with Crippen LogP contribution in [-0.2, 0) is 6.18 Å². The van der Waals surface area contributed by atoms with Gasteiger partial charge in [-0.05, 0) is 36.4 Å². The number of halogens is 4. The fourth-order valence-electron chi connectivity index (χ4n) is 2.43. The smallest absolute Gasteiger partial charge is 0.417 e. The molecule has 0 atom stereocenters. The lowest BCUT2D eigenvalue weighted by atomic mass is 10.1. The quantitative estimate of drug-likeness (QED) is 0.436. The number of para-hydroxylation sites is 2. The molecule has 0 fully saturated rings. The zero-order chi connectivity index (χ0) is 20.5. The molecule has 0 aliphatic carbocycles. The summed E-state index contributed by atoms with van der Waals surface area (Å²) < 4.78 is 44.3. The van der Waals surface area contributed by atoms with E-state index in [4.69, 9.17) is 16.0 Å². The van der Waals surface area contributed by atoms with Crippen LogP contribution >= 0.6 is 11.6 Å². The Morgan fingerprint density at radius 2 is 1.82 bits per heavy atom. The number of nitro groups is 1. The molecular formula is C18H10ClF3N2O4. The molecule has 144 valence electrons. The molecule has 0 radical (unpaired) electrons. The first-order chi connectivity index (χ1) is 13.2. The fourth-order valence-corrected chi connectivity index (χ4v) is 2.66. The van der Waals surface area contributed by atoms with Gasteiger partial charge in [-0.15, -0.1) is 0 Å². The number of carbonyl (C=O) groups excluding carboxylic acids is 1. The molecule has 1 heterocycles. The highest BCUT2D eigenvalue weighted by Gasteiger charge is 2.33. The molecule has 1 aromatic heterocycles. The summed E-state index contributed by atoms with van der Waals surface area (Å²) in [6, 6.07) is 11.3. The molecule has 3 rings (SSSR count). The standard InChI is InChI=1S/C18H10ClF3N2O4/c19-12-6-5-10(9-11(12)18(20,21)22)15-7-8-16(28-15)17(25)23-13-3-1-2-4-14(13)24(26)27/h1-9H,(H,23,25). The predicted octanol–water partition coefficient (Wildman–Crippen LogP) is 5.78. The van der Waals surface area contributed by atoms with E-state index in [1.54, 1.807) is 0 Å². The first-order valence-electron chi connectivity index (χ1n) is 7.68. The second-order valence-corrected chi connectivity index (χ2v) is 5.99. The van der Waals surface area contributed by atoms with Crippen LogP contribution in [0.15, 0.2) is 59.0 Å². The minimum Gasteiger partial charge on any atom is -0.451 e. The van der Waals surface area contributed by atoms with Gasteiger partial charge >= 0.3 is 6.18 Å². The Morgan fingerprint density at radius 3 is 2.50 bits per heavy atom. The summed E-state index contributed by atoms with van der Waals surface area (Å²) in [6.45, 7) is 0. The molecule has 0 saturated carbocycles. The van der Waals surface area contributed by atoms with Crippen molar-refractivity contribution < 1.29 is 27.3 Å². The van der Waals surface area contributed by atoms with Crippen LogP contribution in [-0.4, -0.2) is 10.8 Å². The highest BCUT2D eigenvalue weighted by Crippen LogP contribution is 2.37. The topological polar surface area (TPSA) is 85.4 Å². The van der Waals surface area contributed by atoms with Crippen LogP contribution in [0.1, 0.15) is 16.1 Å². The zero-order valence-corrected chi connectivity index (χ0v) is 14.5. The van der Waals surface area contributed by atoms with E-state index in [1.165, 1.54) is 42.5 Å². The summed E-state index contributed by atoms with van der Waals surface area (Å²) in [4.78, 5) is 22.6. The number of carbonyl (C=O) groups is 1. The summed E-state index contributed by atoms with van der Waals surface area (Å²) in [6.07, 6.45) is -4.65. The zero-order valence-electron chi connectivity index (χ0n) is 13.8. The molecular weight excluding hydrogens is 401 g/mol. The maximum Gasteiger partial charge on any atom is 0.417 e. The third-order valence-corrected chi connectivity index (χ3v) is 4.06. The molecule has 2 aromatic carbocycles. The van der Waals surface area contributed by atoms with Crippen molar-refractivity contribution in [2.45, 2.75) is 6.18 Å². The van der Waals surface area contributed by atoms with Crippen molar-refractivity contribution in [3.8, 4) is 11.3 Å². The second kappa shape index (κ2) is 7.35. The number of amides is 1. The number of benzene rings is 2. The highest BCUT2D eigenvalue weighted by molar-refractivity contribution is 6.31. The maximum absolute atomic E-state index is 13.0. The third kappa shape index (κ3) is 3.99. The van der Waals surface area contributed by atoms with Gasteiger partial charge in [-0.2, -0.15) is 13.2 Å². The van der Waals surface area contributed by atoms with E-state index in [0.717, 1.165) is 12.1 Å². The molecule has 0 aliphatic rings.